The Hall–Kier alpha value is -1.12. The van der Waals surface area contributed by atoms with Crippen molar-refractivity contribution < 1.29 is 4.79 Å². The summed E-state index contributed by atoms with van der Waals surface area (Å²) in [5, 5.41) is 12.0. The molecular weight excluding hydrogens is 204 g/mol. The average Bonchev–Trinajstić information content (AvgIpc) is 2.27. The van der Waals surface area contributed by atoms with Gasteiger partial charge in [0.25, 0.3) is 0 Å². The molecule has 0 aromatic heterocycles. The standard InChI is InChI=1S/C11H20N4O/c1-9(2-5-12)15(8-11(13)16)10-3-6-14-7-4-10/h9-10,14H,2-4,6-8H2,1H3,(H2,13,16). The molecule has 1 atom stereocenters. The van der Waals surface area contributed by atoms with E-state index < -0.39 is 0 Å². The molecule has 0 aromatic carbocycles. The van der Waals surface area contributed by atoms with E-state index in [1.807, 2.05) is 6.92 Å². The quantitative estimate of drug-likeness (QED) is 0.679. The average molecular weight is 224 g/mol. The minimum Gasteiger partial charge on any atom is -0.369 e. The molecule has 0 saturated carbocycles. The molecule has 90 valence electrons. The largest absolute Gasteiger partial charge is 0.369 e. The predicted octanol–water partition coefficient (Wildman–Crippen LogP) is -0.172. The number of hydrogen-bond donors (Lipinski definition) is 2. The zero-order chi connectivity index (χ0) is 12.0. The van der Waals surface area contributed by atoms with Gasteiger partial charge in [0.15, 0.2) is 0 Å². The van der Waals surface area contributed by atoms with Gasteiger partial charge in [0.2, 0.25) is 5.91 Å². The molecule has 16 heavy (non-hydrogen) atoms. The van der Waals surface area contributed by atoms with E-state index in [2.05, 4.69) is 16.3 Å². The Balaban J connectivity index is 2.61. The molecule has 1 rings (SSSR count). The molecule has 0 radical (unpaired) electrons. The highest BCUT2D eigenvalue weighted by atomic mass is 16.1. The number of amides is 1. The fourth-order valence-electron chi connectivity index (χ4n) is 2.21. The molecule has 1 aliphatic heterocycles. The van der Waals surface area contributed by atoms with Crippen LogP contribution in [0.1, 0.15) is 26.2 Å². The van der Waals surface area contributed by atoms with Gasteiger partial charge in [0.1, 0.15) is 0 Å². The summed E-state index contributed by atoms with van der Waals surface area (Å²) in [4.78, 5) is 13.1. The van der Waals surface area contributed by atoms with Crippen LogP contribution in [0.2, 0.25) is 0 Å². The summed E-state index contributed by atoms with van der Waals surface area (Å²) in [6, 6.07) is 2.62. The van der Waals surface area contributed by atoms with E-state index in [1.54, 1.807) is 0 Å². The molecule has 1 aliphatic rings. The zero-order valence-electron chi connectivity index (χ0n) is 9.78. The highest BCUT2D eigenvalue weighted by molar-refractivity contribution is 5.76. The van der Waals surface area contributed by atoms with E-state index in [1.165, 1.54) is 0 Å². The van der Waals surface area contributed by atoms with Crippen LogP contribution in [-0.4, -0.2) is 42.5 Å². The van der Waals surface area contributed by atoms with Gasteiger partial charge in [-0.2, -0.15) is 5.26 Å². The summed E-state index contributed by atoms with van der Waals surface area (Å²) in [6.45, 7) is 4.18. The summed E-state index contributed by atoms with van der Waals surface area (Å²) in [6.07, 6.45) is 2.48. The van der Waals surface area contributed by atoms with Crippen molar-refractivity contribution in [1.82, 2.24) is 10.2 Å². The lowest BCUT2D eigenvalue weighted by Crippen LogP contribution is -2.50. The highest BCUT2D eigenvalue weighted by Crippen LogP contribution is 2.16. The van der Waals surface area contributed by atoms with Gasteiger partial charge in [-0.25, -0.2) is 0 Å². The van der Waals surface area contributed by atoms with Crippen molar-refractivity contribution in [2.24, 2.45) is 5.73 Å². The molecular formula is C11H20N4O. The van der Waals surface area contributed by atoms with Gasteiger partial charge in [-0.05, 0) is 32.9 Å². The number of hydrogen-bond acceptors (Lipinski definition) is 4. The van der Waals surface area contributed by atoms with E-state index >= 15 is 0 Å². The van der Waals surface area contributed by atoms with Crippen molar-refractivity contribution in [2.75, 3.05) is 19.6 Å². The van der Waals surface area contributed by atoms with Crippen molar-refractivity contribution >= 4 is 5.91 Å². The van der Waals surface area contributed by atoms with Crippen LogP contribution in [0, 0.1) is 11.3 Å². The third kappa shape index (κ3) is 3.80. The number of nitrogens with one attached hydrogen (secondary N) is 1. The first-order chi connectivity index (χ1) is 7.65. The second-order valence-corrected chi connectivity index (χ2v) is 4.33. The predicted molar refractivity (Wildman–Crippen MR) is 61.5 cm³/mol. The number of rotatable bonds is 5. The lowest BCUT2D eigenvalue weighted by molar-refractivity contribution is -0.120. The van der Waals surface area contributed by atoms with Crippen molar-refractivity contribution in [1.29, 1.82) is 5.26 Å². The summed E-state index contributed by atoms with van der Waals surface area (Å²) < 4.78 is 0. The maximum absolute atomic E-state index is 11.0. The number of piperidine rings is 1. The Morgan fingerprint density at radius 2 is 2.25 bits per heavy atom. The Labute approximate surface area is 96.6 Å². The minimum atomic E-state index is -0.316. The zero-order valence-corrected chi connectivity index (χ0v) is 9.78. The topological polar surface area (TPSA) is 82.2 Å². The molecule has 0 aromatic rings. The molecule has 3 N–H and O–H groups in total. The fourth-order valence-corrected chi connectivity index (χ4v) is 2.21. The van der Waals surface area contributed by atoms with Crippen LogP contribution >= 0.6 is 0 Å². The van der Waals surface area contributed by atoms with Crippen LogP contribution in [0.5, 0.6) is 0 Å². The summed E-state index contributed by atoms with van der Waals surface area (Å²) in [5.74, 6) is -0.316. The molecule has 1 heterocycles. The molecule has 0 spiro atoms. The highest BCUT2D eigenvalue weighted by Gasteiger charge is 2.26. The number of primary amides is 1. The van der Waals surface area contributed by atoms with Gasteiger partial charge in [0.05, 0.1) is 19.0 Å². The lowest BCUT2D eigenvalue weighted by Gasteiger charge is -2.37. The van der Waals surface area contributed by atoms with Crippen molar-refractivity contribution in [3.63, 3.8) is 0 Å². The number of carbonyl (C=O) groups excluding carboxylic acids is 1. The first-order valence-corrected chi connectivity index (χ1v) is 5.77. The van der Waals surface area contributed by atoms with Gasteiger partial charge in [-0.15, -0.1) is 0 Å². The smallest absolute Gasteiger partial charge is 0.231 e. The van der Waals surface area contributed by atoms with E-state index in [-0.39, 0.29) is 18.5 Å². The van der Waals surface area contributed by atoms with Crippen molar-refractivity contribution in [3.05, 3.63) is 0 Å². The molecule has 1 unspecified atom stereocenters. The molecule has 0 aliphatic carbocycles. The van der Waals surface area contributed by atoms with Crippen LogP contribution in [0.15, 0.2) is 0 Å². The molecule has 5 nitrogen and oxygen atoms in total. The van der Waals surface area contributed by atoms with Crippen LogP contribution in [0.4, 0.5) is 0 Å². The van der Waals surface area contributed by atoms with Crippen molar-refractivity contribution in [3.8, 4) is 6.07 Å². The molecule has 1 saturated heterocycles. The minimum absolute atomic E-state index is 0.0978. The number of nitrogens with two attached hydrogens (primary N) is 1. The maximum Gasteiger partial charge on any atom is 0.231 e. The Morgan fingerprint density at radius 3 is 2.75 bits per heavy atom. The summed E-state index contributed by atoms with van der Waals surface area (Å²) >= 11 is 0. The van der Waals surface area contributed by atoms with E-state index in [9.17, 15) is 4.79 Å². The van der Waals surface area contributed by atoms with Gasteiger partial charge in [0, 0.05) is 12.1 Å². The Bertz CT molecular complexity index is 268. The molecule has 1 amide bonds. The van der Waals surface area contributed by atoms with E-state index in [4.69, 9.17) is 11.0 Å². The maximum atomic E-state index is 11.0. The third-order valence-corrected chi connectivity index (χ3v) is 3.07. The SMILES string of the molecule is CC(CC#N)N(CC(N)=O)C1CCNCC1. The summed E-state index contributed by atoms with van der Waals surface area (Å²) in [7, 11) is 0. The fraction of sp³-hybridized carbons (Fsp3) is 0.818. The van der Waals surface area contributed by atoms with E-state index in [0.717, 1.165) is 25.9 Å². The second-order valence-electron chi connectivity index (χ2n) is 4.33. The van der Waals surface area contributed by atoms with Crippen molar-refractivity contribution in [2.45, 2.75) is 38.3 Å². The normalized spacial score (nSPS) is 19.3. The van der Waals surface area contributed by atoms with Crippen LogP contribution in [-0.2, 0) is 4.79 Å². The van der Waals surface area contributed by atoms with Crippen LogP contribution < -0.4 is 11.1 Å². The van der Waals surface area contributed by atoms with Gasteiger partial charge in [-0.1, -0.05) is 0 Å². The second kappa shape index (κ2) is 6.46. The Morgan fingerprint density at radius 1 is 1.62 bits per heavy atom. The van der Waals surface area contributed by atoms with Gasteiger partial charge < -0.3 is 11.1 Å². The molecule has 0 bridgehead atoms. The number of carbonyl (C=O) groups is 1. The lowest BCUT2D eigenvalue weighted by atomic mass is 10.0. The van der Waals surface area contributed by atoms with Crippen LogP contribution in [0.3, 0.4) is 0 Å². The Kier molecular flexibility index (Phi) is 5.23. The number of nitriles is 1. The monoisotopic (exact) mass is 224 g/mol. The van der Waals surface area contributed by atoms with Gasteiger partial charge >= 0.3 is 0 Å². The third-order valence-electron chi connectivity index (χ3n) is 3.07. The van der Waals surface area contributed by atoms with Gasteiger partial charge in [-0.3, -0.25) is 9.69 Å². The van der Waals surface area contributed by atoms with E-state index in [0.29, 0.717) is 12.5 Å². The summed E-state index contributed by atoms with van der Waals surface area (Å²) in [5.41, 5.74) is 5.25. The molecule has 5 heteroatoms. The first kappa shape index (κ1) is 12.9. The number of nitrogens with zero attached hydrogens (tertiary/aromatic N) is 2. The van der Waals surface area contributed by atoms with Crippen LogP contribution in [0.25, 0.3) is 0 Å². The molecule has 1 fully saturated rings. The first-order valence-electron chi connectivity index (χ1n) is 5.77.